The molecule has 24 heavy (non-hydrogen) atoms. The van der Waals surface area contributed by atoms with E-state index in [1.54, 1.807) is 32.0 Å². The molecule has 1 atom stereocenters. The maximum atomic E-state index is 12.6. The van der Waals surface area contributed by atoms with E-state index in [-0.39, 0.29) is 5.91 Å². The molecular weight excluding hydrogens is 398 g/mol. The molecule has 0 unspecified atom stereocenters. The molecule has 1 aliphatic carbocycles. The first-order valence-electron chi connectivity index (χ1n) is 7.64. The van der Waals surface area contributed by atoms with Crippen molar-refractivity contribution in [2.45, 2.75) is 44.8 Å². The quantitative estimate of drug-likeness (QED) is 0.806. The Morgan fingerprint density at radius 2 is 2.25 bits per heavy atom. The van der Waals surface area contributed by atoms with Crippen LogP contribution in [0.25, 0.3) is 0 Å². The van der Waals surface area contributed by atoms with E-state index in [9.17, 15) is 4.79 Å². The van der Waals surface area contributed by atoms with Gasteiger partial charge in [-0.05, 0) is 60.3 Å². The molecule has 1 aromatic carbocycles. The highest BCUT2D eigenvalue weighted by molar-refractivity contribution is 9.10. The second-order valence-electron chi connectivity index (χ2n) is 5.90. The Balaban J connectivity index is 1.69. The van der Waals surface area contributed by atoms with Crippen LogP contribution in [-0.4, -0.2) is 22.2 Å². The van der Waals surface area contributed by atoms with Gasteiger partial charge in [0, 0.05) is 11.9 Å². The minimum Gasteiger partial charge on any atom is -0.480 e. The summed E-state index contributed by atoms with van der Waals surface area (Å²) >= 11 is 9.29. The molecule has 1 amide bonds. The monoisotopic (exact) mass is 413 g/mol. The largest absolute Gasteiger partial charge is 0.480 e. The van der Waals surface area contributed by atoms with Crippen LogP contribution < -0.4 is 10.1 Å². The van der Waals surface area contributed by atoms with Crippen molar-refractivity contribution >= 4 is 33.4 Å². The third-order valence-electron chi connectivity index (χ3n) is 4.09. The van der Waals surface area contributed by atoms with E-state index < -0.39 is 11.6 Å². The van der Waals surface area contributed by atoms with Gasteiger partial charge in [-0.15, -0.1) is 0 Å². The fraction of sp³-hybridized carbons (Fsp3) is 0.438. The number of nitrogens with one attached hydrogen (secondary N) is 1. The van der Waals surface area contributed by atoms with Gasteiger partial charge >= 0.3 is 0 Å². The van der Waals surface area contributed by atoms with E-state index in [1.807, 2.05) is 0 Å². The maximum absolute atomic E-state index is 12.6. The Bertz CT molecular complexity index is 761. The fourth-order valence-electron chi connectivity index (χ4n) is 2.58. The summed E-state index contributed by atoms with van der Waals surface area (Å²) in [6.07, 6.45) is 1.91. The van der Waals surface area contributed by atoms with Gasteiger partial charge in [0.1, 0.15) is 11.3 Å². The lowest BCUT2D eigenvalue weighted by Gasteiger charge is -2.40. The van der Waals surface area contributed by atoms with Crippen molar-refractivity contribution < 1.29 is 14.1 Å². The van der Waals surface area contributed by atoms with Crippen LogP contribution in [0, 0.1) is 6.92 Å². The molecule has 1 fully saturated rings. The Kier molecular flexibility index (Phi) is 4.83. The highest BCUT2D eigenvalue weighted by Crippen LogP contribution is 2.40. The third-order valence-corrected chi connectivity index (χ3v) is 4.95. The molecule has 128 valence electrons. The molecule has 0 spiro atoms. The van der Waals surface area contributed by atoms with E-state index >= 15 is 0 Å². The van der Waals surface area contributed by atoms with Crippen LogP contribution in [0.5, 0.6) is 5.75 Å². The standard InChI is InChI=1S/C16H17BrClN3O3/c1-9(23-13-5-4-11(18)8-12(13)17)14(22)20-16(6-3-7-16)15-19-10(2)24-21-15/h4-5,8-9H,3,6-7H2,1-2H3,(H,20,22)/t9-/m1/s1. The predicted octanol–water partition coefficient (Wildman–Crippen LogP) is 3.76. The number of carbonyl (C=O) groups is 1. The average Bonchev–Trinajstić information content (AvgIpc) is 2.92. The van der Waals surface area contributed by atoms with Crippen LogP contribution in [0.15, 0.2) is 27.2 Å². The van der Waals surface area contributed by atoms with E-state index in [4.69, 9.17) is 20.9 Å². The van der Waals surface area contributed by atoms with Gasteiger partial charge in [-0.3, -0.25) is 4.79 Å². The van der Waals surface area contributed by atoms with Crippen molar-refractivity contribution in [3.8, 4) is 5.75 Å². The molecule has 1 aromatic heterocycles. The van der Waals surface area contributed by atoms with Crippen LogP contribution >= 0.6 is 27.5 Å². The smallest absolute Gasteiger partial charge is 0.261 e. The zero-order valence-corrected chi connectivity index (χ0v) is 15.6. The first-order valence-corrected chi connectivity index (χ1v) is 8.81. The molecule has 0 radical (unpaired) electrons. The molecule has 0 bridgehead atoms. The number of nitrogens with zero attached hydrogens (tertiary/aromatic N) is 2. The van der Waals surface area contributed by atoms with Crippen LogP contribution in [-0.2, 0) is 10.3 Å². The second kappa shape index (κ2) is 6.72. The zero-order valence-electron chi connectivity index (χ0n) is 13.3. The fourth-order valence-corrected chi connectivity index (χ4v) is 3.36. The average molecular weight is 415 g/mol. The topological polar surface area (TPSA) is 77.2 Å². The van der Waals surface area contributed by atoms with Crippen molar-refractivity contribution in [1.82, 2.24) is 15.5 Å². The molecule has 6 nitrogen and oxygen atoms in total. The van der Waals surface area contributed by atoms with Crippen LogP contribution in [0.4, 0.5) is 0 Å². The summed E-state index contributed by atoms with van der Waals surface area (Å²) in [5.41, 5.74) is -0.552. The summed E-state index contributed by atoms with van der Waals surface area (Å²) in [5.74, 6) is 1.35. The summed E-state index contributed by atoms with van der Waals surface area (Å²) in [6, 6.07) is 5.15. The van der Waals surface area contributed by atoms with Gasteiger partial charge in [-0.25, -0.2) is 0 Å². The first kappa shape index (κ1) is 17.2. The van der Waals surface area contributed by atoms with Gasteiger partial charge in [0.2, 0.25) is 5.89 Å². The van der Waals surface area contributed by atoms with Crippen molar-refractivity contribution in [3.05, 3.63) is 39.4 Å². The summed E-state index contributed by atoms with van der Waals surface area (Å²) < 4.78 is 11.5. The summed E-state index contributed by atoms with van der Waals surface area (Å²) in [7, 11) is 0. The zero-order chi connectivity index (χ0) is 17.3. The highest BCUT2D eigenvalue weighted by atomic mass is 79.9. The van der Waals surface area contributed by atoms with Crippen molar-refractivity contribution in [2.75, 3.05) is 0 Å². The first-order chi connectivity index (χ1) is 11.4. The molecule has 1 heterocycles. The van der Waals surface area contributed by atoms with Crippen LogP contribution in [0.2, 0.25) is 5.02 Å². The number of benzene rings is 1. The lowest BCUT2D eigenvalue weighted by molar-refractivity contribution is -0.130. The second-order valence-corrected chi connectivity index (χ2v) is 7.19. The van der Waals surface area contributed by atoms with Crippen molar-refractivity contribution in [2.24, 2.45) is 0 Å². The number of carbonyl (C=O) groups excluding carboxylic acids is 1. The third kappa shape index (κ3) is 3.42. The molecule has 8 heteroatoms. The van der Waals surface area contributed by atoms with Gasteiger partial charge in [-0.2, -0.15) is 4.98 Å². The normalized spacial score (nSPS) is 17.0. The van der Waals surface area contributed by atoms with Crippen molar-refractivity contribution in [1.29, 1.82) is 0 Å². The minimum absolute atomic E-state index is 0.223. The van der Waals surface area contributed by atoms with Gasteiger partial charge in [-0.1, -0.05) is 16.8 Å². The van der Waals surface area contributed by atoms with Crippen LogP contribution in [0.1, 0.15) is 37.9 Å². The van der Waals surface area contributed by atoms with Crippen LogP contribution in [0.3, 0.4) is 0 Å². The highest BCUT2D eigenvalue weighted by Gasteiger charge is 2.45. The Morgan fingerprint density at radius 1 is 1.50 bits per heavy atom. The van der Waals surface area contributed by atoms with E-state index in [0.29, 0.717) is 27.0 Å². The van der Waals surface area contributed by atoms with Gasteiger partial charge in [0.05, 0.1) is 4.47 Å². The number of aromatic nitrogens is 2. The summed E-state index contributed by atoms with van der Waals surface area (Å²) in [4.78, 5) is 16.8. The van der Waals surface area contributed by atoms with Gasteiger partial charge in [0.15, 0.2) is 11.9 Å². The van der Waals surface area contributed by atoms with Crippen molar-refractivity contribution in [3.63, 3.8) is 0 Å². The number of amides is 1. The Labute approximate surface area is 153 Å². The molecule has 3 rings (SSSR count). The van der Waals surface area contributed by atoms with Gasteiger partial charge in [0.25, 0.3) is 5.91 Å². The number of rotatable bonds is 5. The predicted molar refractivity (Wildman–Crippen MR) is 91.9 cm³/mol. The number of hydrogen-bond acceptors (Lipinski definition) is 5. The number of aryl methyl sites for hydroxylation is 1. The molecule has 1 saturated carbocycles. The molecule has 0 aliphatic heterocycles. The number of halogens is 2. The molecule has 2 aromatic rings. The van der Waals surface area contributed by atoms with Gasteiger partial charge < -0.3 is 14.6 Å². The van der Waals surface area contributed by atoms with E-state index in [1.165, 1.54) is 0 Å². The SMILES string of the molecule is Cc1nc(C2(NC(=O)[C@@H](C)Oc3ccc(Cl)cc3Br)CCC2)no1. The van der Waals surface area contributed by atoms with E-state index in [0.717, 1.165) is 19.3 Å². The molecule has 1 N–H and O–H groups in total. The summed E-state index contributed by atoms with van der Waals surface area (Å²) in [5, 5.41) is 7.58. The molecule has 0 saturated heterocycles. The molecular formula is C16H17BrClN3O3. The minimum atomic E-state index is -0.673. The lowest BCUT2D eigenvalue weighted by atomic mass is 9.76. The summed E-state index contributed by atoms with van der Waals surface area (Å²) in [6.45, 7) is 3.43. The Hall–Kier alpha value is -1.60. The molecule has 1 aliphatic rings. The number of ether oxygens (including phenoxy) is 1. The van der Waals surface area contributed by atoms with E-state index in [2.05, 4.69) is 31.4 Å². The maximum Gasteiger partial charge on any atom is 0.261 e. The Morgan fingerprint density at radius 3 is 2.79 bits per heavy atom. The lowest BCUT2D eigenvalue weighted by Crippen LogP contribution is -2.54. The number of hydrogen-bond donors (Lipinski definition) is 1.